The maximum absolute atomic E-state index is 6.11. The molecule has 2 nitrogen and oxygen atoms in total. The van der Waals surface area contributed by atoms with Crippen molar-refractivity contribution in [1.82, 2.24) is 0 Å². The fourth-order valence-corrected chi connectivity index (χ4v) is 3.52. The number of benzene rings is 1. The van der Waals surface area contributed by atoms with Gasteiger partial charge in [-0.3, -0.25) is 0 Å². The molecule has 1 saturated carbocycles. The number of hydrogen-bond donors (Lipinski definition) is 2. The fourth-order valence-electron chi connectivity index (χ4n) is 3.33. The van der Waals surface area contributed by atoms with Crippen molar-refractivity contribution in [3.05, 3.63) is 29.3 Å². The first-order valence-corrected chi connectivity index (χ1v) is 7.49. The summed E-state index contributed by atoms with van der Waals surface area (Å²) in [6.45, 7) is 7.68. The van der Waals surface area contributed by atoms with Crippen molar-refractivity contribution in [3.8, 4) is 0 Å². The second-order valence-corrected chi connectivity index (χ2v) is 7.20. The molecule has 0 aliphatic heterocycles. The third kappa shape index (κ3) is 3.24. The maximum Gasteiger partial charge on any atom is 0.0521 e. The van der Waals surface area contributed by atoms with Gasteiger partial charge in [0, 0.05) is 17.3 Å². The molecule has 0 amide bonds. The zero-order valence-electron chi connectivity index (χ0n) is 12.2. The Kier molecular flexibility index (Phi) is 4.12. The van der Waals surface area contributed by atoms with Crippen LogP contribution in [0, 0.1) is 11.3 Å². The maximum atomic E-state index is 6.11. The van der Waals surface area contributed by atoms with E-state index in [-0.39, 0.29) is 5.54 Å². The summed E-state index contributed by atoms with van der Waals surface area (Å²) >= 11 is 6.06. The Bertz CT molecular complexity index is 444. The zero-order chi connectivity index (χ0) is 14.1. The highest BCUT2D eigenvalue weighted by Crippen LogP contribution is 2.45. The van der Waals surface area contributed by atoms with Crippen LogP contribution in [0.3, 0.4) is 0 Å². The van der Waals surface area contributed by atoms with E-state index in [1.165, 1.54) is 12.8 Å². The minimum atomic E-state index is 0.000201. The number of anilines is 1. The minimum absolute atomic E-state index is 0.000201. The average molecular weight is 281 g/mol. The lowest BCUT2D eigenvalue weighted by Gasteiger charge is -2.49. The molecular formula is C16H25ClN2. The summed E-state index contributed by atoms with van der Waals surface area (Å²) in [5.74, 6) is 0.556. The summed E-state index contributed by atoms with van der Waals surface area (Å²) in [4.78, 5) is 0. The molecule has 1 aliphatic rings. The van der Waals surface area contributed by atoms with Gasteiger partial charge in [0.15, 0.2) is 0 Å². The van der Waals surface area contributed by atoms with Crippen molar-refractivity contribution in [2.75, 3.05) is 11.9 Å². The molecule has 3 heteroatoms. The largest absolute Gasteiger partial charge is 0.378 e. The highest BCUT2D eigenvalue weighted by Gasteiger charge is 2.42. The van der Waals surface area contributed by atoms with E-state index < -0.39 is 0 Å². The number of nitrogens with one attached hydrogen (secondary N) is 1. The van der Waals surface area contributed by atoms with Gasteiger partial charge in [0.1, 0.15) is 0 Å². The molecule has 0 radical (unpaired) electrons. The third-order valence-corrected chi connectivity index (χ3v) is 4.87. The minimum Gasteiger partial charge on any atom is -0.378 e. The molecule has 1 aromatic carbocycles. The van der Waals surface area contributed by atoms with Gasteiger partial charge in [-0.05, 0) is 48.8 Å². The van der Waals surface area contributed by atoms with Crippen LogP contribution in [-0.4, -0.2) is 12.1 Å². The molecule has 2 unspecified atom stereocenters. The average Bonchev–Trinajstić information content (AvgIpc) is 2.33. The van der Waals surface area contributed by atoms with Gasteiger partial charge in [-0.25, -0.2) is 0 Å². The van der Waals surface area contributed by atoms with Gasteiger partial charge in [0.2, 0.25) is 0 Å². The van der Waals surface area contributed by atoms with Crippen LogP contribution in [0.25, 0.3) is 0 Å². The van der Waals surface area contributed by atoms with Crippen molar-refractivity contribution in [2.45, 2.75) is 45.6 Å². The first-order valence-electron chi connectivity index (χ1n) is 7.11. The smallest absolute Gasteiger partial charge is 0.0521 e. The van der Waals surface area contributed by atoms with Gasteiger partial charge in [0.25, 0.3) is 0 Å². The standard InChI is InChI=1S/C16H25ClN2/c1-12-10-15(2,3)7-8-16(12,11-18)19-14-6-4-5-13(17)9-14/h4-6,9,12,19H,7-8,10-11,18H2,1-3H3. The van der Waals surface area contributed by atoms with Crippen LogP contribution in [0.5, 0.6) is 0 Å². The molecule has 0 saturated heterocycles. The van der Waals surface area contributed by atoms with Gasteiger partial charge in [-0.15, -0.1) is 0 Å². The van der Waals surface area contributed by atoms with E-state index in [0.717, 1.165) is 17.1 Å². The van der Waals surface area contributed by atoms with Crippen LogP contribution in [0.4, 0.5) is 5.69 Å². The number of halogens is 1. The Hall–Kier alpha value is -0.730. The summed E-state index contributed by atoms with van der Waals surface area (Å²) < 4.78 is 0. The van der Waals surface area contributed by atoms with Gasteiger partial charge >= 0.3 is 0 Å². The zero-order valence-corrected chi connectivity index (χ0v) is 12.9. The van der Waals surface area contributed by atoms with Crippen LogP contribution >= 0.6 is 11.6 Å². The van der Waals surface area contributed by atoms with Crippen molar-refractivity contribution in [1.29, 1.82) is 0 Å². The summed E-state index contributed by atoms with van der Waals surface area (Å²) in [5.41, 5.74) is 7.61. The Morgan fingerprint density at radius 2 is 2.11 bits per heavy atom. The molecule has 3 N–H and O–H groups in total. The fraction of sp³-hybridized carbons (Fsp3) is 0.625. The summed E-state index contributed by atoms with van der Waals surface area (Å²) in [6, 6.07) is 7.92. The Morgan fingerprint density at radius 1 is 1.37 bits per heavy atom. The lowest BCUT2D eigenvalue weighted by Crippen LogP contribution is -2.54. The first-order chi connectivity index (χ1) is 8.87. The monoisotopic (exact) mass is 280 g/mol. The van der Waals surface area contributed by atoms with E-state index in [2.05, 4.69) is 32.2 Å². The van der Waals surface area contributed by atoms with E-state index in [1.54, 1.807) is 0 Å². The van der Waals surface area contributed by atoms with Crippen molar-refractivity contribution in [3.63, 3.8) is 0 Å². The summed E-state index contributed by atoms with van der Waals surface area (Å²) in [7, 11) is 0. The van der Waals surface area contributed by atoms with Crippen LogP contribution in [0.15, 0.2) is 24.3 Å². The van der Waals surface area contributed by atoms with Gasteiger partial charge < -0.3 is 11.1 Å². The second-order valence-electron chi connectivity index (χ2n) is 6.76. The molecule has 0 spiro atoms. The van der Waals surface area contributed by atoms with Crippen molar-refractivity contribution in [2.24, 2.45) is 17.1 Å². The SMILES string of the molecule is CC1CC(C)(C)CCC1(CN)Nc1cccc(Cl)c1. The highest BCUT2D eigenvalue weighted by molar-refractivity contribution is 6.30. The van der Waals surface area contributed by atoms with Crippen molar-refractivity contribution >= 4 is 17.3 Å². The molecule has 0 heterocycles. The predicted molar refractivity (Wildman–Crippen MR) is 83.7 cm³/mol. The quantitative estimate of drug-likeness (QED) is 0.866. The number of hydrogen-bond acceptors (Lipinski definition) is 2. The molecule has 0 bridgehead atoms. The van der Waals surface area contributed by atoms with Crippen molar-refractivity contribution < 1.29 is 0 Å². The number of rotatable bonds is 3. The third-order valence-electron chi connectivity index (χ3n) is 4.63. The Morgan fingerprint density at radius 3 is 2.68 bits per heavy atom. The van der Waals surface area contributed by atoms with Crippen LogP contribution in [0.1, 0.15) is 40.0 Å². The number of nitrogens with two attached hydrogens (primary N) is 1. The molecular weight excluding hydrogens is 256 g/mol. The van der Waals surface area contributed by atoms with Crippen LogP contribution in [0.2, 0.25) is 5.02 Å². The molecule has 1 aromatic rings. The molecule has 19 heavy (non-hydrogen) atoms. The Balaban J connectivity index is 2.19. The van der Waals surface area contributed by atoms with Gasteiger partial charge in [0.05, 0.1) is 5.54 Å². The Labute approximate surface area is 121 Å². The normalized spacial score (nSPS) is 30.1. The molecule has 0 aromatic heterocycles. The van der Waals surface area contributed by atoms with E-state index in [4.69, 9.17) is 17.3 Å². The second kappa shape index (κ2) is 5.34. The van der Waals surface area contributed by atoms with Crippen LogP contribution in [-0.2, 0) is 0 Å². The highest BCUT2D eigenvalue weighted by atomic mass is 35.5. The van der Waals surface area contributed by atoms with E-state index >= 15 is 0 Å². The van der Waals surface area contributed by atoms with Gasteiger partial charge in [-0.2, -0.15) is 0 Å². The van der Waals surface area contributed by atoms with E-state index in [1.807, 2.05) is 18.2 Å². The lowest BCUT2D eigenvalue weighted by molar-refractivity contribution is 0.120. The van der Waals surface area contributed by atoms with E-state index in [9.17, 15) is 0 Å². The van der Waals surface area contributed by atoms with E-state index in [0.29, 0.717) is 17.9 Å². The first kappa shape index (κ1) is 14.7. The summed E-state index contributed by atoms with van der Waals surface area (Å²) in [6.07, 6.45) is 3.53. The topological polar surface area (TPSA) is 38.0 Å². The van der Waals surface area contributed by atoms with Crippen LogP contribution < -0.4 is 11.1 Å². The van der Waals surface area contributed by atoms with Gasteiger partial charge in [-0.1, -0.05) is 38.4 Å². The summed E-state index contributed by atoms with van der Waals surface area (Å²) in [5, 5.41) is 4.43. The molecule has 2 atom stereocenters. The molecule has 106 valence electrons. The lowest BCUT2D eigenvalue weighted by atomic mass is 9.63. The molecule has 1 aliphatic carbocycles. The molecule has 2 rings (SSSR count). The molecule has 1 fully saturated rings. The predicted octanol–water partition coefficient (Wildman–Crippen LogP) is 4.30.